The van der Waals surface area contributed by atoms with Crippen molar-refractivity contribution in [3.05, 3.63) is 33.1 Å². The van der Waals surface area contributed by atoms with Crippen molar-refractivity contribution in [2.24, 2.45) is 0 Å². The molecule has 0 aromatic carbocycles. The largest absolute Gasteiger partial charge is 0.411 e. The first kappa shape index (κ1) is 16.9. The third kappa shape index (κ3) is 7.42. The molecule has 0 aliphatic carbocycles. The van der Waals surface area contributed by atoms with Crippen LogP contribution in [-0.2, 0) is 6.54 Å². The normalized spacial score (nSPS) is 11.8. The molecule has 0 bridgehead atoms. The lowest BCUT2D eigenvalue weighted by Gasteiger charge is -2.10. The molecule has 20 heavy (non-hydrogen) atoms. The van der Waals surface area contributed by atoms with E-state index in [2.05, 4.69) is 4.98 Å². The minimum Gasteiger partial charge on any atom is -0.411 e. The zero-order chi connectivity index (χ0) is 15.0. The van der Waals surface area contributed by atoms with E-state index in [4.69, 9.17) is 0 Å². The van der Waals surface area contributed by atoms with Crippen LogP contribution < -0.4 is 11.2 Å². The molecule has 3 N–H and O–H groups in total. The Morgan fingerprint density at radius 3 is 2.30 bits per heavy atom. The summed E-state index contributed by atoms with van der Waals surface area (Å²) in [5.74, 6) is 0. The molecule has 1 aromatic rings. The Morgan fingerprint density at radius 2 is 1.70 bits per heavy atom. The first-order valence-electron chi connectivity index (χ1n) is 7.13. The van der Waals surface area contributed by atoms with Gasteiger partial charge in [-0.1, -0.05) is 32.1 Å². The highest BCUT2D eigenvalue weighted by molar-refractivity contribution is 6.63. The van der Waals surface area contributed by atoms with Gasteiger partial charge in [-0.3, -0.25) is 9.78 Å². The van der Waals surface area contributed by atoms with Gasteiger partial charge in [-0.25, -0.2) is 4.79 Å². The monoisotopic (exact) mass is 300 g/mol. The van der Waals surface area contributed by atoms with Crippen molar-refractivity contribution in [1.29, 1.82) is 0 Å². The Hall–Kier alpha value is -1.18. The highest BCUT2D eigenvalue weighted by atomic mass is 28.4. The van der Waals surface area contributed by atoms with Crippen LogP contribution in [0.15, 0.2) is 21.9 Å². The van der Waals surface area contributed by atoms with Crippen molar-refractivity contribution in [2.45, 2.75) is 57.7 Å². The van der Waals surface area contributed by atoms with E-state index in [0.717, 1.165) is 38.5 Å². The molecule has 0 unspecified atom stereocenters. The van der Waals surface area contributed by atoms with Crippen LogP contribution >= 0.6 is 0 Å². The molecule has 1 aromatic heterocycles. The highest BCUT2D eigenvalue weighted by Crippen LogP contribution is 2.12. The number of H-pyrrole nitrogens is 1. The third-order valence-electron chi connectivity index (χ3n) is 3.20. The van der Waals surface area contributed by atoms with Crippen molar-refractivity contribution in [2.75, 3.05) is 0 Å². The molecular weight excluding hydrogens is 276 g/mol. The van der Waals surface area contributed by atoms with Gasteiger partial charge in [-0.15, -0.1) is 0 Å². The summed E-state index contributed by atoms with van der Waals surface area (Å²) in [6, 6.07) is 1.89. The molecule has 0 spiro atoms. The summed E-state index contributed by atoms with van der Waals surface area (Å²) in [6.45, 7) is 2.16. The van der Waals surface area contributed by atoms with E-state index < -0.39 is 8.56 Å². The van der Waals surface area contributed by atoms with E-state index in [-0.39, 0.29) is 11.2 Å². The molecule has 0 saturated carbocycles. The number of aromatic nitrogens is 2. The minimum absolute atomic E-state index is 0.354. The van der Waals surface area contributed by atoms with E-state index in [1.54, 1.807) is 0 Å². The maximum atomic E-state index is 11.4. The zero-order valence-electron chi connectivity index (χ0n) is 12.0. The fourth-order valence-electron chi connectivity index (χ4n) is 2.07. The summed E-state index contributed by atoms with van der Waals surface area (Å²) < 4.78 is 1.51. The molecule has 7 heteroatoms. The summed E-state index contributed by atoms with van der Waals surface area (Å²) >= 11 is 0. The number of hydrogen-bond acceptors (Lipinski definition) is 4. The lowest BCUT2D eigenvalue weighted by Crippen LogP contribution is -2.29. The van der Waals surface area contributed by atoms with Crippen LogP contribution in [0.2, 0.25) is 12.6 Å². The molecule has 0 fully saturated rings. The van der Waals surface area contributed by atoms with Gasteiger partial charge in [0, 0.05) is 18.8 Å². The molecule has 0 aliphatic heterocycles. The standard InChI is InChI=1S/C13H24N2O4Si/c1-20(18,19)11-7-5-3-2-4-6-9-15-10-8-12(16)14-13(15)17/h8,10,18-19H,2-7,9,11H2,1H3,(H,14,16,17). The second-order valence-electron chi connectivity index (χ2n) is 5.39. The Labute approximate surface area is 119 Å². The van der Waals surface area contributed by atoms with E-state index in [1.807, 2.05) is 0 Å². The number of aromatic amines is 1. The second-order valence-corrected chi connectivity index (χ2v) is 8.33. The van der Waals surface area contributed by atoms with Gasteiger partial charge in [0.25, 0.3) is 5.56 Å². The summed E-state index contributed by atoms with van der Waals surface area (Å²) in [7, 11) is -2.85. The average Bonchev–Trinajstić information content (AvgIpc) is 2.33. The van der Waals surface area contributed by atoms with Crippen molar-refractivity contribution in [3.63, 3.8) is 0 Å². The molecular formula is C13H24N2O4Si. The van der Waals surface area contributed by atoms with E-state index >= 15 is 0 Å². The molecule has 0 amide bonds. The van der Waals surface area contributed by atoms with Gasteiger partial charge >= 0.3 is 14.3 Å². The number of nitrogens with zero attached hydrogens (tertiary/aromatic N) is 1. The summed E-state index contributed by atoms with van der Waals surface area (Å²) in [5, 5.41) is 0. The van der Waals surface area contributed by atoms with Crippen molar-refractivity contribution >= 4 is 8.56 Å². The van der Waals surface area contributed by atoms with Crippen LogP contribution in [0.4, 0.5) is 0 Å². The number of aryl methyl sites for hydroxylation is 1. The maximum absolute atomic E-state index is 11.4. The van der Waals surface area contributed by atoms with Crippen LogP contribution in [0.3, 0.4) is 0 Å². The Bertz CT molecular complexity index is 504. The summed E-state index contributed by atoms with van der Waals surface area (Å²) in [5.41, 5.74) is -0.720. The Kier molecular flexibility index (Phi) is 6.90. The van der Waals surface area contributed by atoms with Gasteiger partial charge < -0.3 is 14.2 Å². The Balaban J connectivity index is 2.08. The van der Waals surface area contributed by atoms with Gasteiger partial charge in [-0.2, -0.15) is 0 Å². The predicted octanol–water partition coefficient (Wildman–Crippen LogP) is 0.934. The van der Waals surface area contributed by atoms with Crippen molar-refractivity contribution < 1.29 is 9.59 Å². The molecule has 1 rings (SSSR count). The fourth-order valence-corrected chi connectivity index (χ4v) is 2.99. The second kappa shape index (κ2) is 8.18. The molecule has 1 heterocycles. The summed E-state index contributed by atoms with van der Waals surface area (Å²) in [4.78, 5) is 43.1. The third-order valence-corrected chi connectivity index (χ3v) is 4.50. The van der Waals surface area contributed by atoms with Crippen LogP contribution in [0.25, 0.3) is 0 Å². The minimum atomic E-state index is -2.85. The van der Waals surface area contributed by atoms with Crippen LogP contribution in [0.1, 0.15) is 38.5 Å². The number of unbranched alkanes of at least 4 members (excludes halogenated alkanes) is 5. The molecule has 0 radical (unpaired) electrons. The van der Waals surface area contributed by atoms with Gasteiger partial charge in [0.2, 0.25) is 0 Å². The van der Waals surface area contributed by atoms with Crippen LogP contribution in [0.5, 0.6) is 0 Å². The van der Waals surface area contributed by atoms with E-state index in [9.17, 15) is 19.2 Å². The molecule has 0 aliphatic rings. The average molecular weight is 300 g/mol. The zero-order valence-corrected chi connectivity index (χ0v) is 13.0. The van der Waals surface area contributed by atoms with E-state index in [1.165, 1.54) is 23.4 Å². The molecule has 0 saturated heterocycles. The quantitative estimate of drug-likeness (QED) is 0.467. The Morgan fingerprint density at radius 1 is 1.10 bits per heavy atom. The van der Waals surface area contributed by atoms with Gasteiger partial charge in [0.1, 0.15) is 0 Å². The number of nitrogens with one attached hydrogen (secondary N) is 1. The topological polar surface area (TPSA) is 95.3 Å². The van der Waals surface area contributed by atoms with Crippen molar-refractivity contribution in [1.82, 2.24) is 9.55 Å². The fraction of sp³-hybridized carbons (Fsp3) is 0.692. The lowest BCUT2D eigenvalue weighted by molar-refractivity contribution is 0.366. The summed E-state index contributed by atoms with van der Waals surface area (Å²) in [6.07, 6.45) is 7.49. The molecule has 6 nitrogen and oxygen atoms in total. The molecule has 0 atom stereocenters. The van der Waals surface area contributed by atoms with Gasteiger partial charge in [0.05, 0.1) is 0 Å². The number of rotatable bonds is 9. The van der Waals surface area contributed by atoms with Crippen LogP contribution in [0, 0.1) is 0 Å². The smallest absolute Gasteiger partial charge is 0.329 e. The number of hydrogen-bond donors (Lipinski definition) is 3. The van der Waals surface area contributed by atoms with Crippen molar-refractivity contribution in [3.8, 4) is 0 Å². The SMILES string of the molecule is C[Si](O)(O)CCCCCCCCn1ccc(=O)[nH]c1=O. The first-order chi connectivity index (χ1) is 9.38. The predicted molar refractivity (Wildman–Crippen MR) is 79.9 cm³/mol. The lowest BCUT2D eigenvalue weighted by atomic mass is 10.1. The van der Waals surface area contributed by atoms with Crippen LogP contribution in [-0.4, -0.2) is 27.7 Å². The van der Waals surface area contributed by atoms with E-state index in [0.29, 0.717) is 12.6 Å². The maximum Gasteiger partial charge on any atom is 0.329 e. The van der Waals surface area contributed by atoms with Gasteiger partial charge in [0.15, 0.2) is 0 Å². The molecule has 114 valence electrons. The highest BCUT2D eigenvalue weighted by Gasteiger charge is 2.19. The first-order valence-corrected chi connectivity index (χ1v) is 9.73. The van der Waals surface area contributed by atoms with Gasteiger partial charge in [-0.05, 0) is 19.0 Å².